The summed E-state index contributed by atoms with van der Waals surface area (Å²) in [6.07, 6.45) is 0. The monoisotopic (exact) mass is 386 g/mol. The van der Waals surface area contributed by atoms with Gasteiger partial charge in [-0.2, -0.15) is 0 Å². The van der Waals surface area contributed by atoms with Gasteiger partial charge in [0.15, 0.2) is 10.9 Å². The number of ketones is 1. The second-order valence-corrected chi connectivity index (χ2v) is 6.66. The summed E-state index contributed by atoms with van der Waals surface area (Å²) in [5.41, 5.74) is 3.65. The van der Waals surface area contributed by atoms with Gasteiger partial charge in [0.05, 0.1) is 17.3 Å². The van der Waals surface area contributed by atoms with E-state index in [0.717, 1.165) is 21.3 Å². The van der Waals surface area contributed by atoms with Gasteiger partial charge in [0, 0.05) is 15.6 Å². The van der Waals surface area contributed by atoms with Crippen molar-refractivity contribution in [3.63, 3.8) is 0 Å². The lowest BCUT2D eigenvalue weighted by molar-refractivity contribution is 0.103. The van der Waals surface area contributed by atoms with Gasteiger partial charge in [-0.15, -0.1) is 0 Å². The van der Waals surface area contributed by atoms with E-state index < -0.39 is 6.04 Å². The summed E-state index contributed by atoms with van der Waals surface area (Å²) in [5.74, 6) is 0.109. The Bertz CT molecular complexity index is 907. The molecule has 4 rings (SSSR count). The van der Waals surface area contributed by atoms with E-state index in [1.165, 1.54) is 0 Å². The first-order valence-corrected chi connectivity index (χ1v) is 8.20. The van der Waals surface area contributed by atoms with Crippen molar-refractivity contribution in [3.05, 3.63) is 69.2 Å². The number of thiocarbonyl (C=S) groups is 1. The summed E-state index contributed by atoms with van der Waals surface area (Å²) in [6.45, 7) is 0. The largest absolute Gasteiger partial charge is 0.508 e. The summed E-state index contributed by atoms with van der Waals surface area (Å²) >= 11 is 8.79. The molecule has 3 N–H and O–H groups in total. The molecule has 2 aromatic rings. The number of phenols is 1. The molecule has 0 amide bonds. The zero-order chi connectivity index (χ0) is 16.1. The highest BCUT2D eigenvalue weighted by molar-refractivity contribution is 9.10. The quantitative estimate of drug-likeness (QED) is 0.656. The Morgan fingerprint density at radius 1 is 1.13 bits per heavy atom. The number of nitrogens with one attached hydrogen (secondary N) is 2. The van der Waals surface area contributed by atoms with Crippen LogP contribution < -0.4 is 10.6 Å². The van der Waals surface area contributed by atoms with E-state index in [4.69, 9.17) is 12.2 Å². The van der Waals surface area contributed by atoms with Crippen LogP contribution in [0.1, 0.15) is 27.5 Å². The number of rotatable bonds is 1. The number of halogens is 1. The van der Waals surface area contributed by atoms with Gasteiger partial charge in [-0.25, -0.2) is 0 Å². The first-order chi connectivity index (χ1) is 11.1. The topological polar surface area (TPSA) is 61.4 Å². The molecule has 2 aliphatic rings. The molecule has 1 unspecified atom stereocenters. The number of hydrogen-bond donors (Lipinski definition) is 3. The molecule has 4 nitrogen and oxygen atoms in total. The molecule has 0 spiro atoms. The fraction of sp³-hybridized carbons (Fsp3) is 0.0588. The highest BCUT2D eigenvalue weighted by atomic mass is 79.9. The highest BCUT2D eigenvalue weighted by Crippen LogP contribution is 2.42. The summed E-state index contributed by atoms with van der Waals surface area (Å²) < 4.78 is 0.799. The molecule has 0 saturated heterocycles. The van der Waals surface area contributed by atoms with Crippen LogP contribution in [-0.2, 0) is 0 Å². The molecule has 0 saturated carbocycles. The Balaban J connectivity index is 1.93. The molecule has 1 heterocycles. The normalized spacial score (nSPS) is 19.1. The summed E-state index contributed by atoms with van der Waals surface area (Å²) in [5, 5.41) is 16.5. The second kappa shape index (κ2) is 5.18. The number of carbonyl (C=O) groups is 1. The lowest BCUT2D eigenvalue weighted by atomic mass is 9.94. The van der Waals surface area contributed by atoms with E-state index in [2.05, 4.69) is 26.6 Å². The van der Waals surface area contributed by atoms with Crippen molar-refractivity contribution in [2.24, 2.45) is 0 Å². The maximum absolute atomic E-state index is 12.9. The zero-order valence-corrected chi connectivity index (χ0v) is 14.2. The van der Waals surface area contributed by atoms with Crippen LogP contribution in [0.4, 0.5) is 0 Å². The number of fused-ring (bicyclic) bond motifs is 2. The van der Waals surface area contributed by atoms with Crippen molar-refractivity contribution in [3.8, 4) is 5.75 Å². The molecule has 0 radical (unpaired) electrons. The molecule has 1 atom stereocenters. The van der Waals surface area contributed by atoms with Crippen LogP contribution in [0, 0.1) is 0 Å². The highest BCUT2D eigenvalue weighted by Gasteiger charge is 2.39. The minimum atomic E-state index is -0.417. The molecule has 23 heavy (non-hydrogen) atoms. The van der Waals surface area contributed by atoms with Gasteiger partial charge in [0.25, 0.3) is 0 Å². The van der Waals surface area contributed by atoms with Gasteiger partial charge in [-0.1, -0.05) is 40.2 Å². The van der Waals surface area contributed by atoms with Crippen molar-refractivity contribution in [1.29, 1.82) is 0 Å². The Kier molecular flexibility index (Phi) is 3.25. The lowest BCUT2D eigenvalue weighted by Crippen LogP contribution is -2.43. The maximum Gasteiger partial charge on any atom is 0.194 e. The molecular weight excluding hydrogens is 376 g/mol. The predicted molar refractivity (Wildman–Crippen MR) is 95.1 cm³/mol. The minimum Gasteiger partial charge on any atom is -0.508 e. The summed E-state index contributed by atoms with van der Waals surface area (Å²) in [6, 6.07) is 12.0. The first kappa shape index (κ1) is 14.4. The average molecular weight is 387 g/mol. The van der Waals surface area contributed by atoms with Crippen molar-refractivity contribution in [1.82, 2.24) is 10.6 Å². The predicted octanol–water partition coefficient (Wildman–Crippen LogP) is 3.28. The van der Waals surface area contributed by atoms with Crippen molar-refractivity contribution in [2.45, 2.75) is 6.04 Å². The van der Waals surface area contributed by atoms with Crippen LogP contribution in [0.3, 0.4) is 0 Å². The van der Waals surface area contributed by atoms with Gasteiger partial charge >= 0.3 is 0 Å². The van der Waals surface area contributed by atoms with E-state index in [9.17, 15) is 9.90 Å². The number of Topliss-reactive ketones (excluding diaryl/α,β-unsaturated/α-hetero) is 1. The Hall–Kier alpha value is -2.18. The molecule has 6 heteroatoms. The Labute approximate surface area is 146 Å². The van der Waals surface area contributed by atoms with Crippen LogP contribution in [0.15, 0.2) is 52.5 Å². The van der Waals surface area contributed by atoms with E-state index in [1.54, 1.807) is 18.2 Å². The van der Waals surface area contributed by atoms with E-state index >= 15 is 0 Å². The van der Waals surface area contributed by atoms with Crippen LogP contribution in [-0.4, -0.2) is 16.0 Å². The third-order valence-electron chi connectivity index (χ3n) is 4.05. The third-order valence-corrected chi connectivity index (χ3v) is 4.99. The molecule has 0 aromatic heterocycles. The van der Waals surface area contributed by atoms with Gasteiger partial charge in [-0.05, 0) is 36.0 Å². The van der Waals surface area contributed by atoms with Gasteiger partial charge in [0.1, 0.15) is 5.75 Å². The number of hydrogen-bond acceptors (Lipinski definition) is 3. The van der Waals surface area contributed by atoms with Gasteiger partial charge in [0.2, 0.25) is 0 Å². The molecule has 2 aromatic carbocycles. The standard InChI is InChI=1S/C17H11BrN2O2S/c18-12-6-5-8(21)7-11(12)15-13-14(19-17(23)20-15)9-3-1-2-4-10(9)16(13)22/h1-7,15,21H,(H2,19,20,23). The van der Waals surface area contributed by atoms with Crippen LogP contribution in [0.2, 0.25) is 0 Å². The fourth-order valence-electron chi connectivity index (χ4n) is 3.05. The second-order valence-electron chi connectivity index (χ2n) is 5.40. The van der Waals surface area contributed by atoms with Crippen LogP contribution in [0.5, 0.6) is 5.75 Å². The Morgan fingerprint density at radius 2 is 1.87 bits per heavy atom. The zero-order valence-electron chi connectivity index (χ0n) is 11.8. The molecular formula is C17H11BrN2O2S. The smallest absolute Gasteiger partial charge is 0.194 e. The molecule has 1 aliphatic carbocycles. The fourth-order valence-corrected chi connectivity index (χ4v) is 3.75. The van der Waals surface area contributed by atoms with E-state index in [-0.39, 0.29) is 11.5 Å². The maximum atomic E-state index is 12.9. The average Bonchev–Trinajstić information content (AvgIpc) is 2.82. The lowest BCUT2D eigenvalue weighted by Gasteiger charge is -2.29. The van der Waals surface area contributed by atoms with Gasteiger partial charge < -0.3 is 15.7 Å². The number of benzene rings is 2. The SMILES string of the molecule is O=C1C2=C(NC(=S)NC2c2cc(O)ccc2Br)c2ccccc21. The third kappa shape index (κ3) is 2.17. The molecule has 0 fully saturated rings. The summed E-state index contributed by atoms with van der Waals surface area (Å²) in [4.78, 5) is 12.9. The van der Waals surface area contributed by atoms with Crippen molar-refractivity contribution in [2.75, 3.05) is 0 Å². The van der Waals surface area contributed by atoms with Gasteiger partial charge in [-0.3, -0.25) is 4.79 Å². The van der Waals surface area contributed by atoms with Crippen molar-refractivity contribution >= 4 is 44.7 Å². The number of carbonyl (C=O) groups excluding carboxylic acids is 1. The Morgan fingerprint density at radius 3 is 2.65 bits per heavy atom. The number of aromatic hydroxyl groups is 1. The molecule has 1 aliphatic heterocycles. The minimum absolute atomic E-state index is 0.0293. The molecule has 0 bridgehead atoms. The summed E-state index contributed by atoms with van der Waals surface area (Å²) in [7, 11) is 0. The van der Waals surface area contributed by atoms with E-state index in [1.807, 2.05) is 24.3 Å². The van der Waals surface area contributed by atoms with Crippen molar-refractivity contribution < 1.29 is 9.90 Å². The van der Waals surface area contributed by atoms with Crippen LogP contribution >= 0.6 is 28.1 Å². The number of phenolic OH excluding ortho intramolecular Hbond substituents is 1. The first-order valence-electron chi connectivity index (χ1n) is 7.00. The van der Waals surface area contributed by atoms with E-state index in [0.29, 0.717) is 16.2 Å². The molecule has 114 valence electrons. The van der Waals surface area contributed by atoms with Crippen LogP contribution in [0.25, 0.3) is 5.70 Å².